The molecule has 6 atom stereocenters. The van der Waals surface area contributed by atoms with Crippen LogP contribution in [0.3, 0.4) is 0 Å². The minimum absolute atomic E-state index is 0. The number of phosphoric ester groups is 1. The molecule has 4 aliphatic carbocycles. The molecule has 7 nitrogen and oxygen atoms in total. The Hall–Kier alpha value is 0.630. The van der Waals surface area contributed by atoms with E-state index in [4.69, 9.17) is 9.79 Å². The van der Waals surface area contributed by atoms with Gasteiger partial charge in [0.2, 0.25) is 0 Å². The molecule has 0 aromatic rings. The van der Waals surface area contributed by atoms with E-state index in [9.17, 15) is 19.3 Å². The predicted octanol–water partition coefficient (Wildman–Crippen LogP) is 2.11. The first-order valence-corrected chi connectivity index (χ1v) is 12.0. The van der Waals surface area contributed by atoms with E-state index in [1.165, 1.54) is 5.57 Å². The minimum atomic E-state index is -4.81. The van der Waals surface area contributed by atoms with Crippen LogP contribution >= 0.6 is 7.82 Å². The molecule has 0 aromatic heterocycles. The Morgan fingerprint density at radius 1 is 1.28 bits per heavy atom. The third-order valence-electron chi connectivity index (χ3n) is 8.32. The molecule has 10 heteroatoms. The molecule has 0 spiro atoms. The zero-order chi connectivity index (χ0) is 22.1. The van der Waals surface area contributed by atoms with E-state index in [2.05, 4.69) is 17.5 Å². The zero-order valence-corrected chi connectivity index (χ0v) is 24.4. The van der Waals surface area contributed by atoms with Crippen molar-refractivity contribution in [3.63, 3.8) is 0 Å². The van der Waals surface area contributed by atoms with E-state index in [0.717, 1.165) is 18.4 Å². The van der Waals surface area contributed by atoms with E-state index >= 15 is 0 Å². The molecule has 2 fully saturated rings. The fourth-order valence-electron chi connectivity index (χ4n) is 6.71. The largest absolute Gasteiger partial charge is 0.470 e. The van der Waals surface area contributed by atoms with Crippen LogP contribution in [-0.2, 0) is 18.7 Å². The van der Waals surface area contributed by atoms with Gasteiger partial charge in [-0.1, -0.05) is 37.1 Å². The Bertz CT molecular complexity index is 954. The van der Waals surface area contributed by atoms with Crippen molar-refractivity contribution in [3.05, 3.63) is 35.5 Å². The summed E-state index contributed by atoms with van der Waals surface area (Å²) in [5.41, 5.74) is -0.406. The summed E-state index contributed by atoms with van der Waals surface area (Å²) in [6, 6.07) is 0. The minimum Gasteiger partial charge on any atom is -0.381 e. The molecule has 0 aromatic carbocycles. The Kier molecular flexibility index (Phi) is 8.65. The Labute approximate surface area is 233 Å². The van der Waals surface area contributed by atoms with Crippen molar-refractivity contribution in [3.8, 4) is 0 Å². The van der Waals surface area contributed by atoms with Gasteiger partial charge in [0, 0.05) is 69.9 Å². The smallest absolute Gasteiger partial charge is 0.381 e. The van der Waals surface area contributed by atoms with Crippen LogP contribution in [0, 0.1) is 28.6 Å². The first kappa shape index (κ1) is 28.9. The number of carbonyl (C=O) groups excluding carboxylic acids is 2. The van der Waals surface area contributed by atoms with E-state index in [-0.39, 0.29) is 88.1 Å². The molecule has 4 aliphatic rings. The maximum atomic E-state index is 13.0. The number of fused-ring (bicyclic) bond motifs is 5. The molecule has 2 radical (unpaired) electrons. The van der Waals surface area contributed by atoms with Gasteiger partial charge in [0.15, 0.2) is 11.6 Å². The van der Waals surface area contributed by atoms with Gasteiger partial charge in [-0.15, -0.1) is 0 Å². The predicted molar refractivity (Wildman–Crippen MR) is 121 cm³/mol. The molecule has 0 bridgehead atoms. The molecule has 0 heterocycles. The number of allylic oxidation sites excluding steroid dienone is 6. The van der Waals surface area contributed by atoms with Gasteiger partial charge < -0.3 is 14.9 Å². The third-order valence-corrected chi connectivity index (χ3v) is 8.78. The number of rotatable bonds is 4. The average molecular weight is 482 g/mol. The molecule has 166 valence electrons. The van der Waals surface area contributed by atoms with Crippen LogP contribution in [-0.4, -0.2) is 97.8 Å². The Balaban J connectivity index is 0.00000181. The maximum absolute atomic E-state index is 13.0. The molecule has 0 saturated heterocycles. The van der Waals surface area contributed by atoms with Crippen LogP contribution in [0.4, 0.5) is 0 Å². The number of hydrogen-bond acceptors (Lipinski definition) is 5. The Morgan fingerprint density at radius 2 is 1.94 bits per heavy atom. The van der Waals surface area contributed by atoms with E-state index in [0.29, 0.717) is 12.8 Å². The maximum Gasteiger partial charge on any atom is 0.470 e. The van der Waals surface area contributed by atoms with Crippen molar-refractivity contribution in [1.29, 1.82) is 0 Å². The summed E-state index contributed by atoms with van der Waals surface area (Å²) in [6.45, 7) is 5.06. The van der Waals surface area contributed by atoms with Crippen LogP contribution in [0.15, 0.2) is 35.5 Å². The van der Waals surface area contributed by atoms with Crippen molar-refractivity contribution in [2.24, 2.45) is 28.6 Å². The van der Waals surface area contributed by atoms with Crippen LogP contribution in [0.5, 0.6) is 0 Å². The Morgan fingerprint density at radius 3 is 2.56 bits per heavy atom. The third kappa shape index (κ3) is 4.35. The van der Waals surface area contributed by atoms with Crippen molar-refractivity contribution < 1.29 is 33.6 Å². The summed E-state index contributed by atoms with van der Waals surface area (Å²) in [4.78, 5) is 42.8. The van der Waals surface area contributed by atoms with Crippen LogP contribution in [0.25, 0.3) is 0 Å². The summed E-state index contributed by atoms with van der Waals surface area (Å²) >= 11 is 0. The first-order valence-electron chi connectivity index (χ1n) is 10.4. The molecule has 4 rings (SSSR count). The van der Waals surface area contributed by atoms with Crippen LogP contribution in [0.2, 0.25) is 0 Å². The summed E-state index contributed by atoms with van der Waals surface area (Å²) in [6.07, 6.45) is 10.2. The fraction of sp³-hybridized carbons (Fsp3) is 0.636. The van der Waals surface area contributed by atoms with Crippen molar-refractivity contribution in [2.45, 2.75) is 52.1 Å². The number of phosphoric acid groups is 1. The normalized spacial score (nSPS) is 40.1. The molecule has 32 heavy (non-hydrogen) atoms. The molecular formula is C22H29Na2O7P. The van der Waals surface area contributed by atoms with Crippen molar-refractivity contribution in [2.75, 3.05) is 6.61 Å². The van der Waals surface area contributed by atoms with Crippen LogP contribution in [0.1, 0.15) is 46.5 Å². The quantitative estimate of drug-likeness (QED) is 0.319. The van der Waals surface area contributed by atoms with Gasteiger partial charge in [-0.2, -0.15) is 0 Å². The number of Topliss-reactive ketones (excluding diaryl/α,β-unsaturated/α-hetero) is 1. The second-order valence-electron chi connectivity index (χ2n) is 9.73. The zero-order valence-electron chi connectivity index (χ0n) is 19.5. The average Bonchev–Trinajstić information content (AvgIpc) is 2.87. The van der Waals surface area contributed by atoms with Gasteiger partial charge in [0.1, 0.15) is 12.2 Å². The van der Waals surface area contributed by atoms with Gasteiger partial charge in [0.05, 0.1) is 0 Å². The number of ketones is 2. The summed E-state index contributed by atoms with van der Waals surface area (Å²) < 4.78 is 15.5. The summed E-state index contributed by atoms with van der Waals surface area (Å²) in [5, 5.41) is 11.6. The molecular weight excluding hydrogens is 453 g/mol. The SMILES string of the molecule is C[C@H]1C[C@H]2[C@@H]3CCC4=CC(=O)C=C[C@]4(C)C3=CC[C@]2(C)[C@@]1(O)C(=O)COP(=O)(O)O.[Na].[Na]. The molecule has 0 aliphatic heterocycles. The van der Waals surface area contributed by atoms with Gasteiger partial charge in [0.25, 0.3) is 0 Å². The van der Waals surface area contributed by atoms with Gasteiger partial charge in [-0.05, 0) is 62.5 Å². The van der Waals surface area contributed by atoms with Crippen molar-refractivity contribution >= 4 is 78.5 Å². The van der Waals surface area contributed by atoms with E-state index in [1.54, 1.807) is 12.2 Å². The number of hydrogen-bond donors (Lipinski definition) is 3. The second kappa shape index (κ2) is 9.59. The monoisotopic (exact) mass is 482 g/mol. The van der Waals surface area contributed by atoms with Gasteiger partial charge in [-0.3, -0.25) is 14.1 Å². The topological polar surface area (TPSA) is 121 Å². The van der Waals surface area contributed by atoms with E-state index in [1.807, 2.05) is 19.9 Å². The standard InChI is InChI=1S/C22H29O7P.2Na/c1-13-10-18-16-5-4-14-11-15(23)6-8-20(14,2)17(16)7-9-21(18,3)22(13,25)19(24)12-29-30(26,27)28;;/h6-8,11,13,16,18,25H,4-5,9-10,12H2,1-3H3,(H2,26,27,28);;/t13-,16+,18-,20-,21-,22-;;/m0../s1. The molecule has 3 N–H and O–H groups in total. The molecule has 0 amide bonds. The second-order valence-corrected chi connectivity index (χ2v) is 11.0. The summed E-state index contributed by atoms with van der Waals surface area (Å²) in [5.74, 6) is -0.786. The molecule has 2 saturated carbocycles. The van der Waals surface area contributed by atoms with Gasteiger partial charge in [-0.25, -0.2) is 4.57 Å². The van der Waals surface area contributed by atoms with Crippen molar-refractivity contribution in [1.82, 2.24) is 0 Å². The van der Waals surface area contributed by atoms with Gasteiger partial charge >= 0.3 is 7.82 Å². The fourth-order valence-corrected chi connectivity index (χ4v) is 7.00. The number of carbonyl (C=O) groups is 2. The van der Waals surface area contributed by atoms with E-state index < -0.39 is 31.2 Å². The summed E-state index contributed by atoms with van der Waals surface area (Å²) in [7, 11) is -4.81. The molecule has 0 unspecified atom stereocenters. The number of aliphatic hydroxyl groups is 1. The first-order chi connectivity index (χ1) is 13.8. The van der Waals surface area contributed by atoms with Crippen LogP contribution < -0.4 is 0 Å².